The topological polar surface area (TPSA) is 80.2 Å². The van der Waals surface area contributed by atoms with Crippen molar-refractivity contribution in [2.24, 2.45) is 5.92 Å². The number of piperidine rings is 1. The summed E-state index contributed by atoms with van der Waals surface area (Å²) in [6.07, 6.45) is -9.71. The van der Waals surface area contributed by atoms with Crippen LogP contribution in [0, 0.1) is 5.92 Å². The summed E-state index contributed by atoms with van der Waals surface area (Å²) in [6.45, 7) is 0.355. The highest BCUT2D eigenvalue weighted by atomic mass is 19.4. The number of rotatable bonds is 4. The minimum absolute atomic E-state index is 0.0797. The SMILES string of the molecule is Nc1ncc(-c2cn(C3CC4(N5CCC(F)(F)CC5)CC3C4)c(C(O)C(F)(F)F)n2)cc1C(F)(F)F. The molecule has 198 valence electrons. The van der Waals surface area contributed by atoms with E-state index in [0.717, 1.165) is 6.20 Å². The molecule has 1 aliphatic heterocycles. The Morgan fingerprint density at radius 2 is 1.69 bits per heavy atom. The Morgan fingerprint density at radius 3 is 2.28 bits per heavy atom. The Kier molecular flexibility index (Phi) is 5.60. The Hall–Kier alpha value is -2.48. The molecular weight excluding hydrogens is 502 g/mol. The molecule has 2 aromatic rings. The first-order valence-corrected chi connectivity index (χ1v) is 11.4. The van der Waals surface area contributed by atoms with Gasteiger partial charge in [-0.25, -0.2) is 18.7 Å². The Bertz CT molecular complexity index is 1140. The highest BCUT2D eigenvalue weighted by molar-refractivity contribution is 5.62. The molecule has 0 amide bonds. The number of hydrogen-bond acceptors (Lipinski definition) is 5. The van der Waals surface area contributed by atoms with Crippen molar-refractivity contribution in [2.45, 2.75) is 68.1 Å². The summed E-state index contributed by atoms with van der Waals surface area (Å²) in [4.78, 5) is 9.37. The maximum atomic E-state index is 13.6. The molecule has 6 rings (SSSR count). The van der Waals surface area contributed by atoms with Crippen molar-refractivity contribution in [1.82, 2.24) is 19.4 Å². The summed E-state index contributed by atoms with van der Waals surface area (Å²) in [5.41, 5.74) is 3.22. The molecule has 3 aliphatic carbocycles. The number of hydrogen-bond donors (Lipinski definition) is 2. The molecule has 2 bridgehead atoms. The van der Waals surface area contributed by atoms with Crippen LogP contribution in [-0.4, -0.2) is 55.3 Å². The van der Waals surface area contributed by atoms with Gasteiger partial charge in [0.25, 0.3) is 5.92 Å². The first-order valence-electron chi connectivity index (χ1n) is 11.4. The zero-order chi connectivity index (χ0) is 26.3. The molecular formula is C22H23F8N5O. The van der Waals surface area contributed by atoms with Crippen LogP contribution in [0.15, 0.2) is 18.5 Å². The molecule has 1 saturated heterocycles. The number of nitrogens with two attached hydrogens (primary N) is 1. The second kappa shape index (κ2) is 8.01. The van der Waals surface area contributed by atoms with E-state index in [1.165, 1.54) is 10.8 Å². The van der Waals surface area contributed by atoms with E-state index in [1.54, 1.807) is 0 Å². The summed E-state index contributed by atoms with van der Waals surface area (Å²) in [5.74, 6) is -4.34. The van der Waals surface area contributed by atoms with Crippen molar-refractivity contribution < 1.29 is 40.2 Å². The number of aliphatic hydroxyl groups excluding tert-OH is 1. The number of imidazole rings is 1. The van der Waals surface area contributed by atoms with Crippen LogP contribution in [0.5, 0.6) is 0 Å². The van der Waals surface area contributed by atoms with Crippen molar-refractivity contribution in [3.8, 4) is 11.3 Å². The Labute approximate surface area is 200 Å². The number of fused-ring (bicyclic) bond motifs is 1. The van der Waals surface area contributed by atoms with Crippen molar-refractivity contribution in [1.29, 1.82) is 0 Å². The lowest BCUT2D eigenvalue weighted by molar-refractivity contribution is -0.210. The number of nitrogen functional groups attached to an aromatic ring is 1. The van der Waals surface area contributed by atoms with Gasteiger partial charge in [0, 0.05) is 55.5 Å². The van der Waals surface area contributed by atoms with E-state index in [4.69, 9.17) is 5.73 Å². The van der Waals surface area contributed by atoms with Crippen molar-refractivity contribution in [2.75, 3.05) is 18.8 Å². The van der Waals surface area contributed by atoms with Crippen molar-refractivity contribution >= 4 is 5.82 Å². The molecule has 0 spiro atoms. The average molecular weight is 525 g/mol. The lowest BCUT2D eigenvalue weighted by Gasteiger charge is -2.50. The summed E-state index contributed by atoms with van der Waals surface area (Å²) in [6, 6.07) is 0.132. The predicted octanol–water partition coefficient (Wildman–Crippen LogP) is 4.97. The molecule has 4 fully saturated rings. The normalized spacial score (nSPS) is 29.2. The van der Waals surface area contributed by atoms with Crippen LogP contribution in [-0.2, 0) is 6.18 Å². The molecule has 2 unspecified atom stereocenters. The lowest BCUT2D eigenvalue weighted by Crippen LogP contribution is -2.56. The van der Waals surface area contributed by atoms with Crippen molar-refractivity contribution in [3.63, 3.8) is 0 Å². The number of alkyl halides is 8. The van der Waals surface area contributed by atoms with Crippen molar-refractivity contribution in [3.05, 3.63) is 29.8 Å². The quantitative estimate of drug-likeness (QED) is 0.552. The smallest absolute Gasteiger partial charge is 0.383 e. The zero-order valence-corrected chi connectivity index (χ0v) is 18.8. The van der Waals surface area contributed by atoms with Gasteiger partial charge >= 0.3 is 12.4 Å². The number of aromatic nitrogens is 3. The molecule has 2 aromatic heterocycles. The van der Waals surface area contributed by atoms with Gasteiger partial charge in [-0.05, 0) is 31.2 Å². The Balaban J connectivity index is 1.49. The van der Waals surface area contributed by atoms with Gasteiger partial charge in [0.15, 0.2) is 0 Å². The summed E-state index contributed by atoms with van der Waals surface area (Å²) in [7, 11) is 0. The lowest BCUT2D eigenvalue weighted by atomic mass is 9.74. The van der Waals surface area contributed by atoms with E-state index in [2.05, 4.69) is 9.97 Å². The second-order valence-electron chi connectivity index (χ2n) is 10.00. The molecule has 4 aliphatic rings. The fourth-order valence-corrected chi connectivity index (χ4v) is 5.94. The van der Waals surface area contributed by atoms with Crippen LogP contribution in [0.25, 0.3) is 11.3 Å². The molecule has 36 heavy (non-hydrogen) atoms. The molecule has 6 nitrogen and oxygen atoms in total. The third-order valence-corrected chi connectivity index (χ3v) is 7.78. The van der Waals surface area contributed by atoms with Gasteiger partial charge in [0.2, 0.25) is 6.10 Å². The third kappa shape index (κ3) is 4.21. The summed E-state index contributed by atoms with van der Waals surface area (Å²) >= 11 is 0. The molecule has 3 N–H and O–H groups in total. The van der Waals surface area contributed by atoms with Crippen LogP contribution in [0.4, 0.5) is 40.9 Å². The van der Waals surface area contributed by atoms with Gasteiger partial charge in [-0.15, -0.1) is 0 Å². The largest absolute Gasteiger partial charge is 0.421 e. The maximum Gasteiger partial charge on any atom is 0.421 e. The molecule has 2 atom stereocenters. The van der Waals surface area contributed by atoms with Gasteiger partial charge in [0.05, 0.1) is 11.3 Å². The maximum absolute atomic E-state index is 13.6. The van der Waals surface area contributed by atoms with Gasteiger partial charge in [0.1, 0.15) is 11.6 Å². The van der Waals surface area contributed by atoms with E-state index in [0.29, 0.717) is 25.3 Å². The van der Waals surface area contributed by atoms with Crippen LogP contribution in [0.1, 0.15) is 55.6 Å². The summed E-state index contributed by atoms with van der Waals surface area (Å²) in [5, 5.41) is 10.0. The van der Waals surface area contributed by atoms with Crippen LogP contribution < -0.4 is 5.73 Å². The molecule has 3 heterocycles. The standard InChI is InChI=1S/C22H23F8N5O/c23-20(24)1-3-34(4-2-20)19-6-12(7-19)15(8-19)35-10-14(33-18(35)16(36)22(28,29)30)11-5-13(21(25,26)27)17(31)32-9-11/h5,9-10,12,15-16,36H,1-4,6-8H2,(H2,31,32). The van der Waals surface area contributed by atoms with Crippen LogP contribution in [0.3, 0.4) is 0 Å². The molecule has 0 aromatic carbocycles. The highest BCUT2D eigenvalue weighted by Gasteiger charge is 2.61. The fraction of sp³-hybridized carbons (Fsp3) is 0.636. The van der Waals surface area contributed by atoms with E-state index >= 15 is 0 Å². The first-order chi connectivity index (χ1) is 16.6. The van der Waals surface area contributed by atoms with Gasteiger partial charge in [-0.2, -0.15) is 26.3 Å². The predicted molar refractivity (Wildman–Crippen MR) is 111 cm³/mol. The molecule has 0 radical (unpaired) electrons. The number of aliphatic hydroxyl groups is 1. The fourth-order valence-electron chi connectivity index (χ4n) is 5.94. The molecule has 3 saturated carbocycles. The minimum atomic E-state index is -5.06. The van der Waals surface area contributed by atoms with Crippen LogP contribution in [0.2, 0.25) is 0 Å². The van der Waals surface area contributed by atoms with Gasteiger partial charge in [-0.1, -0.05) is 0 Å². The second-order valence-corrected chi connectivity index (χ2v) is 10.00. The van der Waals surface area contributed by atoms with Crippen LogP contribution >= 0.6 is 0 Å². The Morgan fingerprint density at radius 1 is 1.06 bits per heavy atom. The van der Waals surface area contributed by atoms with E-state index in [9.17, 15) is 40.2 Å². The highest BCUT2D eigenvalue weighted by Crippen LogP contribution is 2.62. The summed E-state index contributed by atoms with van der Waals surface area (Å²) < 4.78 is 109. The van der Waals surface area contributed by atoms with E-state index < -0.39 is 53.2 Å². The molecule has 14 heteroatoms. The van der Waals surface area contributed by atoms with E-state index in [-0.39, 0.29) is 43.1 Å². The van der Waals surface area contributed by atoms with E-state index in [1.807, 2.05) is 4.90 Å². The average Bonchev–Trinajstić information content (AvgIpc) is 3.43. The number of anilines is 1. The van der Waals surface area contributed by atoms with Gasteiger partial charge < -0.3 is 15.4 Å². The minimum Gasteiger partial charge on any atom is -0.383 e. The zero-order valence-electron chi connectivity index (χ0n) is 18.8. The first kappa shape index (κ1) is 25.2. The van der Waals surface area contributed by atoms with Gasteiger partial charge in [-0.3, -0.25) is 4.90 Å². The monoisotopic (exact) mass is 525 g/mol. The number of pyridine rings is 1. The number of nitrogens with zero attached hydrogens (tertiary/aromatic N) is 4. The number of halogens is 8. The third-order valence-electron chi connectivity index (χ3n) is 7.78. The number of likely N-dealkylation sites (tertiary alicyclic amines) is 1.